The Bertz CT molecular complexity index is 483. The van der Waals surface area contributed by atoms with Crippen molar-refractivity contribution in [2.24, 2.45) is 10.4 Å². The fourth-order valence-electron chi connectivity index (χ4n) is 1.62. The van der Waals surface area contributed by atoms with Gasteiger partial charge >= 0.3 is 0 Å². The van der Waals surface area contributed by atoms with Gasteiger partial charge < -0.3 is 5.32 Å². The van der Waals surface area contributed by atoms with Gasteiger partial charge in [0.1, 0.15) is 0 Å². The molecule has 0 saturated carbocycles. The fourth-order valence-corrected chi connectivity index (χ4v) is 2.57. The number of nitrogens with zero attached hydrogens (tertiary/aromatic N) is 2. The molecule has 0 spiro atoms. The molecule has 0 bridgehead atoms. The molecule has 0 fully saturated rings. The van der Waals surface area contributed by atoms with Gasteiger partial charge in [0, 0.05) is 18.8 Å². The molecule has 0 amide bonds. The third kappa shape index (κ3) is 3.51. The molecule has 1 aromatic rings. The molecule has 0 saturated heterocycles. The summed E-state index contributed by atoms with van der Waals surface area (Å²) in [5.74, 6) is 1.10. The van der Waals surface area contributed by atoms with Crippen molar-refractivity contribution in [2.75, 3.05) is 12.3 Å². The van der Waals surface area contributed by atoms with E-state index in [0.29, 0.717) is 11.0 Å². The Labute approximate surface area is 112 Å². The van der Waals surface area contributed by atoms with Crippen LogP contribution in [0.2, 0.25) is 0 Å². The molecule has 1 N–H and O–H groups in total. The lowest BCUT2D eigenvalue weighted by Gasteiger charge is -2.27. The van der Waals surface area contributed by atoms with Crippen LogP contribution in [0.25, 0.3) is 0 Å². The topological polar surface area (TPSA) is 48.2 Å². The van der Waals surface area contributed by atoms with Crippen LogP contribution in [0.15, 0.2) is 29.3 Å². The maximum Gasteiger partial charge on any atom is 0.156 e. The maximum atomic E-state index is 8.72. The number of rotatable bonds is 2. The quantitative estimate of drug-likeness (QED) is 0.888. The summed E-state index contributed by atoms with van der Waals surface area (Å²) in [7, 11) is 0. The van der Waals surface area contributed by atoms with E-state index >= 15 is 0 Å². The van der Waals surface area contributed by atoms with E-state index in [0.717, 1.165) is 24.0 Å². The van der Waals surface area contributed by atoms with Crippen LogP contribution in [-0.2, 0) is 6.54 Å². The van der Waals surface area contributed by atoms with Crippen molar-refractivity contribution < 1.29 is 0 Å². The monoisotopic (exact) mass is 259 g/mol. The SMILES string of the molecule is CC1(C)CN=C(NCc2ccc(C#N)cc2)SC1. The van der Waals surface area contributed by atoms with Crippen molar-refractivity contribution in [1.82, 2.24) is 5.32 Å². The average Bonchev–Trinajstić information content (AvgIpc) is 2.38. The predicted molar refractivity (Wildman–Crippen MR) is 76.5 cm³/mol. The van der Waals surface area contributed by atoms with Gasteiger partial charge in [0.15, 0.2) is 5.17 Å². The van der Waals surface area contributed by atoms with Crippen LogP contribution in [0.1, 0.15) is 25.0 Å². The Hall–Kier alpha value is -1.47. The zero-order valence-corrected chi connectivity index (χ0v) is 11.5. The van der Waals surface area contributed by atoms with Gasteiger partial charge in [-0.1, -0.05) is 37.7 Å². The van der Waals surface area contributed by atoms with Gasteiger partial charge in [-0.3, -0.25) is 4.99 Å². The molecule has 2 rings (SSSR count). The highest BCUT2D eigenvalue weighted by Gasteiger charge is 2.23. The highest BCUT2D eigenvalue weighted by atomic mass is 32.2. The number of nitriles is 1. The molecular formula is C14H17N3S. The van der Waals surface area contributed by atoms with Crippen LogP contribution in [0, 0.1) is 16.7 Å². The molecule has 18 heavy (non-hydrogen) atoms. The van der Waals surface area contributed by atoms with Crippen LogP contribution >= 0.6 is 11.8 Å². The van der Waals surface area contributed by atoms with Crippen molar-refractivity contribution in [3.8, 4) is 6.07 Å². The largest absolute Gasteiger partial charge is 0.361 e. The van der Waals surface area contributed by atoms with E-state index in [1.165, 1.54) is 5.56 Å². The first-order chi connectivity index (χ1) is 8.59. The van der Waals surface area contributed by atoms with Gasteiger partial charge in [0.05, 0.1) is 11.6 Å². The molecule has 1 heterocycles. The highest BCUT2D eigenvalue weighted by molar-refractivity contribution is 8.13. The minimum atomic E-state index is 0.310. The summed E-state index contributed by atoms with van der Waals surface area (Å²) in [6, 6.07) is 9.76. The van der Waals surface area contributed by atoms with Crippen molar-refractivity contribution in [3.63, 3.8) is 0 Å². The van der Waals surface area contributed by atoms with Gasteiger partial charge in [-0.15, -0.1) is 0 Å². The lowest BCUT2D eigenvalue weighted by atomic mass is 9.97. The Morgan fingerprint density at radius 2 is 2.11 bits per heavy atom. The van der Waals surface area contributed by atoms with Gasteiger partial charge in [-0.05, 0) is 23.1 Å². The Morgan fingerprint density at radius 1 is 1.39 bits per heavy atom. The number of aliphatic imine (C=N–C) groups is 1. The lowest BCUT2D eigenvalue weighted by Crippen LogP contribution is -2.30. The summed E-state index contributed by atoms with van der Waals surface area (Å²) >= 11 is 1.78. The van der Waals surface area contributed by atoms with E-state index in [4.69, 9.17) is 5.26 Å². The maximum absolute atomic E-state index is 8.72. The third-order valence-electron chi connectivity index (χ3n) is 2.78. The molecule has 3 nitrogen and oxygen atoms in total. The number of amidine groups is 1. The second-order valence-electron chi connectivity index (χ2n) is 5.24. The van der Waals surface area contributed by atoms with Crippen LogP contribution in [0.5, 0.6) is 0 Å². The number of nitrogens with one attached hydrogen (secondary N) is 1. The molecule has 1 aliphatic rings. The number of thioether (sulfide) groups is 1. The Kier molecular flexibility index (Phi) is 3.93. The van der Waals surface area contributed by atoms with E-state index in [9.17, 15) is 0 Å². The first-order valence-corrected chi connectivity index (χ1v) is 6.98. The van der Waals surface area contributed by atoms with E-state index in [1.54, 1.807) is 11.8 Å². The second kappa shape index (κ2) is 5.45. The summed E-state index contributed by atoms with van der Waals surface area (Å²) in [4.78, 5) is 4.55. The standard InChI is InChI=1S/C14H17N3S/c1-14(2)9-17-13(18-10-14)16-8-12-5-3-11(7-15)4-6-12/h3-6H,8-10H2,1-2H3,(H,16,17). The van der Waals surface area contributed by atoms with Crippen LogP contribution < -0.4 is 5.32 Å². The molecule has 0 atom stereocenters. The molecule has 4 heteroatoms. The Morgan fingerprint density at radius 3 is 2.67 bits per heavy atom. The van der Waals surface area contributed by atoms with E-state index in [2.05, 4.69) is 30.2 Å². The molecule has 0 aromatic heterocycles. The number of hydrogen-bond donors (Lipinski definition) is 1. The number of hydrogen-bond acceptors (Lipinski definition) is 4. The molecule has 0 aliphatic carbocycles. The summed E-state index contributed by atoms with van der Waals surface area (Å²) in [6.07, 6.45) is 0. The fraction of sp³-hybridized carbons (Fsp3) is 0.429. The van der Waals surface area contributed by atoms with Crippen molar-refractivity contribution >= 4 is 16.9 Å². The van der Waals surface area contributed by atoms with E-state index in [-0.39, 0.29) is 0 Å². The first-order valence-electron chi connectivity index (χ1n) is 5.99. The van der Waals surface area contributed by atoms with Gasteiger partial charge in [0.2, 0.25) is 0 Å². The normalized spacial score (nSPS) is 17.7. The molecule has 1 aliphatic heterocycles. The van der Waals surface area contributed by atoms with Crippen molar-refractivity contribution in [1.29, 1.82) is 5.26 Å². The predicted octanol–water partition coefficient (Wildman–Crippen LogP) is 2.78. The van der Waals surface area contributed by atoms with Gasteiger partial charge in [-0.2, -0.15) is 5.26 Å². The molecule has 0 unspecified atom stereocenters. The van der Waals surface area contributed by atoms with Gasteiger partial charge in [0.25, 0.3) is 0 Å². The minimum absolute atomic E-state index is 0.310. The van der Waals surface area contributed by atoms with E-state index in [1.807, 2.05) is 24.3 Å². The summed E-state index contributed by atoms with van der Waals surface area (Å²) in [5, 5.41) is 13.1. The molecular weight excluding hydrogens is 242 g/mol. The summed E-state index contributed by atoms with van der Waals surface area (Å²) in [6.45, 7) is 6.12. The minimum Gasteiger partial charge on any atom is -0.361 e. The Balaban J connectivity index is 1.88. The van der Waals surface area contributed by atoms with E-state index < -0.39 is 0 Å². The highest BCUT2D eigenvalue weighted by Crippen LogP contribution is 2.27. The van der Waals surface area contributed by atoms with Crippen molar-refractivity contribution in [2.45, 2.75) is 20.4 Å². The average molecular weight is 259 g/mol. The third-order valence-corrected chi connectivity index (χ3v) is 4.25. The zero-order valence-electron chi connectivity index (χ0n) is 10.7. The molecule has 94 valence electrons. The van der Waals surface area contributed by atoms with Crippen LogP contribution in [0.3, 0.4) is 0 Å². The van der Waals surface area contributed by atoms with Gasteiger partial charge in [-0.25, -0.2) is 0 Å². The molecule has 1 aromatic carbocycles. The summed E-state index contributed by atoms with van der Waals surface area (Å²) in [5.41, 5.74) is 2.18. The number of benzene rings is 1. The molecule has 0 radical (unpaired) electrons. The first kappa shape index (κ1) is 13.0. The second-order valence-corrected chi connectivity index (χ2v) is 6.20. The smallest absolute Gasteiger partial charge is 0.156 e. The van der Waals surface area contributed by atoms with Crippen LogP contribution in [-0.4, -0.2) is 17.5 Å². The lowest BCUT2D eigenvalue weighted by molar-refractivity contribution is 0.436. The summed E-state index contributed by atoms with van der Waals surface area (Å²) < 4.78 is 0. The van der Waals surface area contributed by atoms with Crippen LogP contribution in [0.4, 0.5) is 0 Å². The zero-order chi connectivity index (χ0) is 13.0. The van der Waals surface area contributed by atoms with Crippen molar-refractivity contribution in [3.05, 3.63) is 35.4 Å².